The van der Waals surface area contributed by atoms with Crippen LogP contribution in [0.25, 0.3) is 0 Å². The van der Waals surface area contributed by atoms with Gasteiger partial charge in [0, 0.05) is 4.88 Å². The van der Waals surface area contributed by atoms with Gasteiger partial charge in [-0.05, 0) is 30.7 Å². The van der Waals surface area contributed by atoms with Crippen LogP contribution in [0.1, 0.15) is 10.4 Å². The van der Waals surface area contributed by atoms with Crippen LogP contribution in [0, 0.1) is 12.7 Å². The monoisotopic (exact) mass is 301 g/mol. The zero-order chi connectivity index (χ0) is 14.0. The van der Waals surface area contributed by atoms with Crippen molar-refractivity contribution in [2.75, 3.05) is 4.72 Å². The molecule has 7 heteroatoms. The van der Waals surface area contributed by atoms with Crippen LogP contribution in [-0.2, 0) is 16.6 Å². The fraction of sp³-hybridized carbons (Fsp3) is 0.167. The van der Waals surface area contributed by atoms with Crippen molar-refractivity contribution in [3.05, 3.63) is 46.6 Å². The highest BCUT2D eigenvalue weighted by Gasteiger charge is 2.20. The number of halogens is 1. The lowest BCUT2D eigenvalue weighted by Crippen LogP contribution is -2.12. The zero-order valence-corrected chi connectivity index (χ0v) is 11.7. The van der Waals surface area contributed by atoms with Crippen LogP contribution in [0.15, 0.2) is 34.5 Å². The zero-order valence-electron chi connectivity index (χ0n) is 10.1. The Morgan fingerprint density at radius 2 is 2.05 bits per heavy atom. The van der Waals surface area contributed by atoms with Crippen LogP contribution in [0.3, 0.4) is 0 Å². The topological polar surface area (TPSA) is 66.4 Å². The molecule has 0 spiro atoms. The molecule has 102 valence electrons. The molecule has 2 N–H and O–H groups in total. The maximum absolute atomic E-state index is 13.4. The number of hydrogen-bond donors (Lipinski definition) is 2. The Hall–Kier alpha value is -1.44. The number of rotatable bonds is 4. The molecule has 1 aromatic carbocycles. The van der Waals surface area contributed by atoms with Crippen molar-refractivity contribution in [3.63, 3.8) is 0 Å². The number of nitrogens with one attached hydrogen (secondary N) is 1. The number of benzene rings is 1. The van der Waals surface area contributed by atoms with Crippen LogP contribution in [0.2, 0.25) is 0 Å². The molecule has 0 amide bonds. The number of thiophene rings is 1. The summed E-state index contributed by atoms with van der Waals surface area (Å²) in [5.41, 5.74) is 0.598. The molecule has 0 fully saturated rings. The van der Waals surface area contributed by atoms with E-state index in [1.54, 1.807) is 13.0 Å². The van der Waals surface area contributed by atoms with E-state index in [4.69, 9.17) is 5.11 Å². The summed E-state index contributed by atoms with van der Waals surface area (Å²) >= 11 is 0.969. The summed E-state index contributed by atoms with van der Waals surface area (Å²) in [4.78, 5) is 0.578. The molecule has 1 aromatic heterocycles. The minimum atomic E-state index is -3.83. The predicted octanol–water partition coefficient (Wildman–Crippen LogP) is 2.49. The molecule has 0 aliphatic carbocycles. The molecular formula is C12H12FNO3S2. The van der Waals surface area contributed by atoms with Crippen molar-refractivity contribution in [1.82, 2.24) is 0 Å². The van der Waals surface area contributed by atoms with Crippen LogP contribution < -0.4 is 4.72 Å². The van der Waals surface area contributed by atoms with Gasteiger partial charge in [0.2, 0.25) is 0 Å². The summed E-state index contributed by atoms with van der Waals surface area (Å²) in [7, 11) is -3.83. The van der Waals surface area contributed by atoms with Gasteiger partial charge in [0.1, 0.15) is 10.0 Å². The van der Waals surface area contributed by atoms with Gasteiger partial charge in [-0.25, -0.2) is 12.8 Å². The summed E-state index contributed by atoms with van der Waals surface area (Å²) in [6.07, 6.45) is 0. The molecule has 0 radical (unpaired) electrons. The normalized spacial score (nSPS) is 11.5. The van der Waals surface area contributed by atoms with E-state index in [1.807, 2.05) is 0 Å². The second-order valence-corrected chi connectivity index (χ2v) is 6.96. The van der Waals surface area contributed by atoms with Crippen molar-refractivity contribution >= 4 is 27.0 Å². The van der Waals surface area contributed by atoms with Crippen molar-refractivity contribution in [2.24, 2.45) is 0 Å². The second kappa shape index (κ2) is 5.28. The quantitative estimate of drug-likeness (QED) is 0.912. The van der Waals surface area contributed by atoms with E-state index < -0.39 is 15.8 Å². The molecule has 2 aromatic rings. The third-order valence-electron chi connectivity index (χ3n) is 2.52. The number of anilines is 1. The average molecular weight is 301 g/mol. The van der Waals surface area contributed by atoms with Crippen molar-refractivity contribution < 1.29 is 17.9 Å². The Labute approximate surface area is 114 Å². The highest BCUT2D eigenvalue weighted by atomic mass is 32.2. The molecule has 4 nitrogen and oxygen atoms in total. The molecule has 0 saturated heterocycles. The molecule has 0 bridgehead atoms. The highest BCUT2D eigenvalue weighted by molar-refractivity contribution is 7.94. The van der Waals surface area contributed by atoms with E-state index >= 15 is 0 Å². The minimum absolute atomic E-state index is 0.0531. The number of aliphatic hydroxyl groups is 1. The van der Waals surface area contributed by atoms with Crippen molar-refractivity contribution in [2.45, 2.75) is 17.7 Å². The fourth-order valence-corrected chi connectivity index (χ4v) is 4.03. The van der Waals surface area contributed by atoms with E-state index in [-0.39, 0.29) is 16.5 Å². The minimum Gasteiger partial charge on any atom is -0.391 e. The Bertz CT molecular complexity index is 695. The van der Waals surface area contributed by atoms with E-state index in [2.05, 4.69) is 4.72 Å². The van der Waals surface area contributed by atoms with E-state index in [0.29, 0.717) is 10.4 Å². The average Bonchev–Trinajstić information content (AvgIpc) is 2.74. The summed E-state index contributed by atoms with van der Waals surface area (Å²) in [5, 5.41) is 9.07. The first-order valence-electron chi connectivity index (χ1n) is 5.41. The molecule has 0 atom stereocenters. The Morgan fingerprint density at radius 1 is 1.37 bits per heavy atom. The molecule has 19 heavy (non-hydrogen) atoms. The third kappa shape index (κ3) is 2.94. The molecule has 1 heterocycles. The van der Waals surface area contributed by atoms with Gasteiger partial charge in [-0.2, -0.15) is 0 Å². The highest BCUT2D eigenvalue weighted by Crippen LogP contribution is 2.28. The lowest BCUT2D eigenvalue weighted by atomic mass is 10.3. The summed E-state index contributed by atoms with van der Waals surface area (Å²) < 4.78 is 39.8. The smallest absolute Gasteiger partial charge is 0.271 e. The van der Waals surface area contributed by atoms with Gasteiger partial charge in [0.15, 0.2) is 0 Å². The van der Waals surface area contributed by atoms with Crippen molar-refractivity contribution in [3.8, 4) is 0 Å². The number of sulfonamides is 1. The van der Waals surface area contributed by atoms with Gasteiger partial charge in [-0.3, -0.25) is 4.72 Å². The van der Waals surface area contributed by atoms with Gasteiger partial charge in [0.05, 0.1) is 12.3 Å². The number of hydrogen-bond acceptors (Lipinski definition) is 4. The SMILES string of the molecule is Cc1cc(S(=O)(=O)Nc2ccccc2F)sc1CO. The largest absolute Gasteiger partial charge is 0.391 e. The summed E-state index contributed by atoms with van der Waals surface area (Å²) in [6.45, 7) is 1.50. The first-order chi connectivity index (χ1) is 8.94. The van der Waals surface area contributed by atoms with E-state index in [0.717, 1.165) is 11.3 Å². The lowest BCUT2D eigenvalue weighted by Gasteiger charge is -2.06. The maximum atomic E-state index is 13.4. The van der Waals surface area contributed by atoms with Crippen molar-refractivity contribution in [1.29, 1.82) is 0 Å². The Kier molecular flexibility index (Phi) is 3.88. The fourth-order valence-electron chi connectivity index (χ4n) is 1.52. The molecule has 2 rings (SSSR count). The van der Waals surface area contributed by atoms with Gasteiger partial charge in [0.25, 0.3) is 10.0 Å². The van der Waals surface area contributed by atoms with Crippen LogP contribution in [-0.4, -0.2) is 13.5 Å². The molecular weight excluding hydrogens is 289 g/mol. The molecule has 0 aliphatic rings. The standard InChI is InChI=1S/C12H12FNO3S2/c1-8-6-12(18-11(8)7-15)19(16,17)14-10-5-3-2-4-9(10)13/h2-6,14-15H,7H2,1H3. The number of para-hydroxylation sites is 1. The number of aliphatic hydroxyl groups excluding tert-OH is 1. The van der Waals surface area contributed by atoms with Gasteiger partial charge >= 0.3 is 0 Å². The van der Waals surface area contributed by atoms with Crippen LogP contribution >= 0.6 is 11.3 Å². The van der Waals surface area contributed by atoms with Gasteiger partial charge in [-0.1, -0.05) is 12.1 Å². The first kappa shape index (κ1) is 14.0. The predicted molar refractivity (Wildman–Crippen MR) is 72.2 cm³/mol. The Morgan fingerprint density at radius 3 is 2.63 bits per heavy atom. The number of aryl methyl sites for hydroxylation is 1. The van der Waals surface area contributed by atoms with Crippen LogP contribution in [0.4, 0.5) is 10.1 Å². The van der Waals surface area contributed by atoms with E-state index in [1.165, 1.54) is 24.3 Å². The Balaban J connectivity index is 2.35. The van der Waals surface area contributed by atoms with Gasteiger partial charge in [-0.15, -0.1) is 11.3 Å². The third-order valence-corrected chi connectivity index (χ3v) is 5.59. The molecule has 0 aliphatic heterocycles. The van der Waals surface area contributed by atoms with Gasteiger partial charge < -0.3 is 5.11 Å². The van der Waals surface area contributed by atoms with Crippen LogP contribution in [0.5, 0.6) is 0 Å². The first-order valence-corrected chi connectivity index (χ1v) is 7.71. The maximum Gasteiger partial charge on any atom is 0.271 e. The summed E-state index contributed by atoms with van der Waals surface area (Å²) in [5.74, 6) is -0.637. The lowest BCUT2D eigenvalue weighted by molar-refractivity contribution is 0.285. The molecule has 0 unspecified atom stereocenters. The van der Waals surface area contributed by atoms with E-state index in [9.17, 15) is 12.8 Å². The second-order valence-electron chi connectivity index (χ2n) is 3.92. The summed E-state index contributed by atoms with van der Waals surface area (Å²) in [6, 6.07) is 7.00. The molecule has 0 saturated carbocycles.